The average molecular weight is 512 g/mol. The van der Waals surface area contributed by atoms with Gasteiger partial charge in [-0.3, -0.25) is 19.2 Å². The van der Waals surface area contributed by atoms with Gasteiger partial charge in [0.05, 0.1) is 6.26 Å². The Morgan fingerprint density at radius 1 is 1.00 bits per heavy atom. The van der Waals surface area contributed by atoms with E-state index in [0.717, 1.165) is 0 Å². The van der Waals surface area contributed by atoms with Crippen LogP contribution in [-0.2, 0) is 9.59 Å². The zero-order chi connectivity index (χ0) is 26.6. The molecule has 198 valence electrons. The number of piperidine rings is 1. The van der Waals surface area contributed by atoms with Crippen LogP contribution in [0.4, 0.5) is 0 Å². The summed E-state index contributed by atoms with van der Waals surface area (Å²) >= 11 is 0. The highest BCUT2D eigenvalue weighted by atomic mass is 16.5. The minimum absolute atomic E-state index is 0.158. The van der Waals surface area contributed by atoms with E-state index in [2.05, 4.69) is 10.6 Å². The van der Waals surface area contributed by atoms with Gasteiger partial charge in [-0.2, -0.15) is 0 Å². The average Bonchev–Trinajstić information content (AvgIpc) is 3.44. The van der Waals surface area contributed by atoms with Gasteiger partial charge in [0.2, 0.25) is 11.8 Å². The third-order valence-corrected chi connectivity index (χ3v) is 6.86. The fraction of sp³-hybridized carbons (Fsp3) is 0.462. The van der Waals surface area contributed by atoms with E-state index in [9.17, 15) is 19.2 Å². The van der Waals surface area contributed by atoms with Crippen LogP contribution in [0.5, 0.6) is 5.75 Å². The molecule has 1 aromatic carbocycles. The number of piperazine rings is 1. The number of amides is 4. The molecule has 0 atom stereocenters. The van der Waals surface area contributed by atoms with Crippen molar-refractivity contribution in [3.05, 3.63) is 54.0 Å². The normalized spacial score (nSPS) is 17.7. The second-order valence-corrected chi connectivity index (χ2v) is 9.85. The molecule has 2 aliphatic heterocycles. The number of nitrogens with two attached hydrogens (primary N) is 1. The molecule has 0 unspecified atom stereocenters. The van der Waals surface area contributed by atoms with Crippen molar-refractivity contribution in [2.75, 3.05) is 39.3 Å². The highest BCUT2D eigenvalue weighted by Crippen LogP contribution is 2.26. The molecule has 11 nitrogen and oxygen atoms in total. The van der Waals surface area contributed by atoms with E-state index in [4.69, 9.17) is 14.9 Å². The van der Waals surface area contributed by atoms with Crippen molar-refractivity contribution >= 4 is 23.6 Å². The Hall–Kier alpha value is -3.86. The Labute approximate surface area is 215 Å². The summed E-state index contributed by atoms with van der Waals surface area (Å²) in [6.45, 7) is 5.90. The fourth-order valence-electron chi connectivity index (χ4n) is 4.61. The number of hydrogen-bond acceptors (Lipinski definition) is 7. The van der Waals surface area contributed by atoms with Gasteiger partial charge in [-0.15, -0.1) is 0 Å². The summed E-state index contributed by atoms with van der Waals surface area (Å²) in [5.74, 6) is -0.671. The monoisotopic (exact) mass is 511 g/mol. The van der Waals surface area contributed by atoms with Gasteiger partial charge < -0.3 is 35.3 Å². The quantitative estimate of drug-likeness (QED) is 0.497. The van der Waals surface area contributed by atoms with E-state index in [1.54, 1.807) is 47.9 Å². The first kappa shape index (κ1) is 26.2. The molecule has 0 radical (unpaired) electrons. The minimum atomic E-state index is -1.29. The number of nitrogens with one attached hydrogen (secondary N) is 2. The highest BCUT2D eigenvalue weighted by Gasteiger charge is 2.46. The maximum atomic E-state index is 13.8. The molecule has 1 aromatic heterocycles. The van der Waals surface area contributed by atoms with E-state index in [1.807, 2.05) is 0 Å². The summed E-state index contributed by atoms with van der Waals surface area (Å²) in [7, 11) is 0. The van der Waals surface area contributed by atoms with E-state index in [1.165, 1.54) is 18.4 Å². The molecular formula is C26H33N5O6. The molecule has 11 heteroatoms. The maximum Gasteiger partial charge on any atom is 0.289 e. The number of furan rings is 1. The van der Waals surface area contributed by atoms with E-state index >= 15 is 0 Å². The van der Waals surface area contributed by atoms with Crippen molar-refractivity contribution in [3.8, 4) is 5.75 Å². The second-order valence-electron chi connectivity index (χ2n) is 9.85. The van der Waals surface area contributed by atoms with Gasteiger partial charge in [0.1, 0.15) is 11.3 Å². The van der Waals surface area contributed by atoms with E-state index < -0.39 is 23.0 Å². The summed E-state index contributed by atoms with van der Waals surface area (Å²) in [5, 5.41) is 6.26. The fourth-order valence-corrected chi connectivity index (χ4v) is 4.61. The van der Waals surface area contributed by atoms with E-state index in [0.29, 0.717) is 63.4 Å². The standard InChI is InChI=1S/C26H33N5O6/c1-25(2,37-19-7-5-18(6-8-19)21(27)32)23(34)29-26(9-11-28-12-10-26)24(35)31-15-13-30(14-16-31)22(33)20-4-3-17-36-20/h3-8,17,28H,9-16H2,1-2H3,(H2,27,32)(H,29,34). The van der Waals surface area contributed by atoms with Gasteiger partial charge >= 0.3 is 0 Å². The zero-order valence-corrected chi connectivity index (χ0v) is 21.1. The van der Waals surface area contributed by atoms with Crippen LogP contribution in [0.25, 0.3) is 0 Å². The predicted molar refractivity (Wildman–Crippen MR) is 134 cm³/mol. The van der Waals surface area contributed by atoms with Crippen LogP contribution in [0.3, 0.4) is 0 Å². The molecule has 3 heterocycles. The van der Waals surface area contributed by atoms with Crippen molar-refractivity contribution < 1.29 is 28.3 Å². The lowest BCUT2D eigenvalue weighted by molar-refractivity contribution is -0.148. The van der Waals surface area contributed by atoms with Gasteiger partial charge in [0.15, 0.2) is 11.4 Å². The Balaban J connectivity index is 1.42. The SMILES string of the molecule is CC(C)(Oc1ccc(C(N)=O)cc1)C(=O)NC1(C(=O)N2CCN(C(=O)c3ccco3)CC2)CCNCC1. The Morgan fingerprint density at radius 2 is 1.62 bits per heavy atom. The number of carbonyl (C=O) groups is 4. The third-order valence-electron chi connectivity index (χ3n) is 6.86. The molecule has 2 aliphatic rings. The van der Waals surface area contributed by atoms with Gasteiger partial charge in [-0.1, -0.05) is 0 Å². The molecular weight excluding hydrogens is 478 g/mol. The first-order valence-corrected chi connectivity index (χ1v) is 12.4. The molecule has 0 aliphatic carbocycles. The van der Waals surface area contributed by atoms with E-state index in [-0.39, 0.29) is 17.6 Å². The summed E-state index contributed by atoms with van der Waals surface area (Å²) in [6.07, 6.45) is 2.33. The largest absolute Gasteiger partial charge is 0.478 e. The van der Waals surface area contributed by atoms with Crippen molar-refractivity contribution in [1.82, 2.24) is 20.4 Å². The number of rotatable bonds is 7. The molecule has 0 bridgehead atoms. The second kappa shape index (κ2) is 10.6. The minimum Gasteiger partial charge on any atom is -0.478 e. The Bertz CT molecular complexity index is 1130. The van der Waals surface area contributed by atoms with Crippen LogP contribution in [0.1, 0.15) is 47.6 Å². The maximum absolute atomic E-state index is 13.8. The van der Waals surface area contributed by atoms with Crippen molar-refractivity contribution in [2.45, 2.75) is 37.8 Å². The first-order valence-electron chi connectivity index (χ1n) is 12.4. The van der Waals surface area contributed by atoms with Crippen LogP contribution >= 0.6 is 0 Å². The smallest absolute Gasteiger partial charge is 0.289 e. The number of ether oxygens (including phenoxy) is 1. The first-order chi connectivity index (χ1) is 17.6. The number of carbonyl (C=O) groups excluding carboxylic acids is 4. The van der Waals surface area contributed by atoms with Crippen LogP contribution in [0.2, 0.25) is 0 Å². The Morgan fingerprint density at radius 3 is 2.19 bits per heavy atom. The highest BCUT2D eigenvalue weighted by molar-refractivity contribution is 5.95. The molecule has 4 rings (SSSR count). The summed E-state index contributed by atoms with van der Waals surface area (Å²) in [5.41, 5.74) is 3.25. The summed E-state index contributed by atoms with van der Waals surface area (Å²) in [4.78, 5) is 54.5. The van der Waals surface area contributed by atoms with Gasteiger partial charge in [0.25, 0.3) is 11.8 Å². The lowest BCUT2D eigenvalue weighted by atomic mass is 9.85. The molecule has 2 aromatic rings. The predicted octanol–water partition coefficient (Wildman–Crippen LogP) is 0.759. The van der Waals surface area contributed by atoms with Gasteiger partial charge in [-0.25, -0.2) is 0 Å². The lowest BCUT2D eigenvalue weighted by Gasteiger charge is -2.44. The number of hydrogen-bond donors (Lipinski definition) is 3. The van der Waals surface area contributed by atoms with Gasteiger partial charge in [0, 0.05) is 31.7 Å². The van der Waals surface area contributed by atoms with Crippen molar-refractivity contribution in [2.24, 2.45) is 5.73 Å². The van der Waals surface area contributed by atoms with Crippen molar-refractivity contribution in [3.63, 3.8) is 0 Å². The molecule has 2 saturated heterocycles. The molecule has 4 amide bonds. The molecule has 37 heavy (non-hydrogen) atoms. The summed E-state index contributed by atoms with van der Waals surface area (Å²) in [6, 6.07) is 9.49. The zero-order valence-electron chi connectivity index (χ0n) is 21.1. The van der Waals surface area contributed by atoms with Gasteiger partial charge in [-0.05, 0) is 76.2 Å². The van der Waals surface area contributed by atoms with Crippen LogP contribution < -0.4 is 21.1 Å². The topological polar surface area (TPSA) is 147 Å². The molecule has 4 N–H and O–H groups in total. The Kier molecular flexibility index (Phi) is 7.53. The molecule has 0 spiro atoms. The number of nitrogens with zero attached hydrogens (tertiary/aromatic N) is 2. The van der Waals surface area contributed by atoms with Crippen LogP contribution in [0.15, 0.2) is 47.1 Å². The van der Waals surface area contributed by atoms with Crippen LogP contribution in [-0.4, -0.2) is 83.8 Å². The third kappa shape index (κ3) is 5.77. The number of primary amides is 1. The van der Waals surface area contributed by atoms with Crippen molar-refractivity contribution in [1.29, 1.82) is 0 Å². The van der Waals surface area contributed by atoms with Crippen LogP contribution in [0, 0.1) is 0 Å². The summed E-state index contributed by atoms with van der Waals surface area (Å²) < 4.78 is 11.1. The lowest BCUT2D eigenvalue weighted by Crippen LogP contribution is -2.67. The molecule has 2 fully saturated rings. The molecule has 0 saturated carbocycles. The number of benzene rings is 1.